The molecule has 0 bridgehead atoms. The summed E-state index contributed by atoms with van der Waals surface area (Å²) >= 11 is 0. The second-order valence-corrected chi connectivity index (χ2v) is 6.85. The van der Waals surface area contributed by atoms with Crippen LogP contribution in [-0.4, -0.2) is 28.7 Å². The third-order valence-electron chi connectivity index (χ3n) is 3.39. The van der Waals surface area contributed by atoms with Crippen LogP contribution in [0, 0.1) is 0 Å². The summed E-state index contributed by atoms with van der Waals surface area (Å²) in [7, 11) is 0. The monoisotopic (exact) mass is 356 g/mol. The number of amides is 1. The van der Waals surface area contributed by atoms with Gasteiger partial charge in [-0.15, -0.1) is 0 Å². The summed E-state index contributed by atoms with van der Waals surface area (Å²) in [6.07, 6.45) is 2.90. The third-order valence-corrected chi connectivity index (χ3v) is 3.39. The molecule has 0 spiro atoms. The highest BCUT2D eigenvalue weighted by atomic mass is 16.6. The highest BCUT2D eigenvalue weighted by Crippen LogP contribution is 2.10. The average molecular weight is 356 g/mol. The highest BCUT2D eigenvalue weighted by molar-refractivity contribution is 5.81. The van der Waals surface area contributed by atoms with Crippen LogP contribution in [0.5, 0.6) is 0 Å². The van der Waals surface area contributed by atoms with Gasteiger partial charge in [-0.3, -0.25) is 4.98 Å². The Balaban J connectivity index is 2.03. The Morgan fingerprint density at radius 2 is 1.69 bits per heavy atom. The molecule has 26 heavy (non-hydrogen) atoms. The molecule has 6 heteroatoms. The summed E-state index contributed by atoms with van der Waals surface area (Å²) < 4.78 is 10.6. The molecule has 138 valence electrons. The Kier molecular flexibility index (Phi) is 6.72. The summed E-state index contributed by atoms with van der Waals surface area (Å²) in [5.74, 6) is -0.517. The number of pyridine rings is 1. The first-order valence-corrected chi connectivity index (χ1v) is 8.42. The molecule has 0 saturated heterocycles. The lowest BCUT2D eigenvalue weighted by Gasteiger charge is -2.23. The number of carbonyl (C=O) groups excluding carboxylic acids is 2. The number of carbonyl (C=O) groups is 2. The van der Waals surface area contributed by atoms with E-state index in [1.807, 2.05) is 30.3 Å². The summed E-state index contributed by atoms with van der Waals surface area (Å²) in [6.45, 7) is 5.43. The Bertz CT molecular complexity index is 712. The summed E-state index contributed by atoms with van der Waals surface area (Å²) in [5, 5.41) is 2.60. The van der Waals surface area contributed by atoms with Crippen molar-refractivity contribution in [3.8, 4) is 0 Å². The molecule has 0 unspecified atom stereocenters. The van der Waals surface area contributed by atoms with Crippen molar-refractivity contribution in [2.75, 3.05) is 0 Å². The molecule has 1 atom stereocenters. The van der Waals surface area contributed by atoms with Crippen LogP contribution in [0.2, 0.25) is 0 Å². The molecule has 0 radical (unpaired) electrons. The predicted molar refractivity (Wildman–Crippen MR) is 97.3 cm³/mol. The van der Waals surface area contributed by atoms with Crippen LogP contribution in [0.4, 0.5) is 4.79 Å². The fourth-order valence-corrected chi connectivity index (χ4v) is 2.23. The number of hydrogen-bond acceptors (Lipinski definition) is 5. The van der Waals surface area contributed by atoms with E-state index in [0.717, 1.165) is 11.1 Å². The second-order valence-electron chi connectivity index (χ2n) is 6.85. The van der Waals surface area contributed by atoms with Crippen LogP contribution in [0.25, 0.3) is 0 Å². The largest absolute Gasteiger partial charge is 0.459 e. The fourth-order valence-electron chi connectivity index (χ4n) is 2.23. The van der Waals surface area contributed by atoms with Crippen LogP contribution < -0.4 is 5.32 Å². The number of rotatable bonds is 6. The molecule has 0 aliphatic carbocycles. The molecule has 0 fully saturated rings. The SMILES string of the molecule is CC(C)(C)OC(=O)N[C@H](Cc1ccncc1)C(=O)OCc1ccccc1. The number of ether oxygens (including phenoxy) is 2. The van der Waals surface area contributed by atoms with E-state index in [-0.39, 0.29) is 13.0 Å². The first-order chi connectivity index (χ1) is 12.3. The van der Waals surface area contributed by atoms with Gasteiger partial charge in [0.05, 0.1) is 0 Å². The van der Waals surface area contributed by atoms with E-state index >= 15 is 0 Å². The van der Waals surface area contributed by atoms with Gasteiger partial charge in [0, 0.05) is 18.8 Å². The maximum absolute atomic E-state index is 12.5. The van der Waals surface area contributed by atoms with Crippen molar-refractivity contribution in [3.63, 3.8) is 0 Å². The first kappa shape index (κ1) is 19.4. The third kappa shape index (κ3) is 6.93. The van der Waals surface area contributed by atoms with E-state index in [4.69, 9.17) is 9.47 Å². The summed E-state index contributed by atoms with van der Waals surface area (Å²) in [6, 6.07) is 12.1. The van der Waals surface area contributed by atoms with Gasteiger partial charge >= 0.3 is 12.1 Å². The van der Waals surface area contributed by atoms with Crippen LogP contribution in [0.15, 0.2) is 54.9 Å². The summed E-state index contributed by atoms with van der Waals surface area (Å²) in [4.78, 5) is 28.6. The van der Waals surface area contributed by atoms with E-state index in [0.29, 0.717) is 0 Å². The number of alkyl carbamates (subject to hydrolysis) is 1. The predicted octanol–water partition coefficient (Wildman–Crippen LogP) is 3.26. The molecule has 1 aromatic carbocycles. The van der Waals surface area contributed by atoms with Gasteiger partial charge in [0.1, 0.15) is 18.2 Å². The molecule has 0 aliphatic rings. The average Bonchev–Trinajstić information content (AvgIpc) is 2.59. The van der Waals surface area contributed by atoms with Crippen molar-refractivity contribution >= 4 is 12.1 Å². The molecule has 1 aromatic heterocycles. The minimum absolute atomic E-state index is 0.141. The Morgan fingerprint density at radius 3 is 2.31 bits per heavy atom. The first-order valence-electron chi connectivity index (χ1n) is 8.42. The van der Waals surface area contributed by atoms with Gasteiger partial charge in [-0.05, 0) is 44.0 Å². The van der Waals surface area contributed by atoms with Crippen molar-refractivity contribution in [3.05, 3.63) is 66.0 Å². The molecule has 1 N–H and O–H groups in total. The van der Waals surface area contributed by atoms with Gasteiger partial charge in [-0.1, -0.05) is 30.3 Å². The Morgan fingerprint density at radius 1 is 1.04 bits per heavy atom. The zero-order chi connectivity index (χ0) is 19.0. The van der Waals surface area contributed by atoms with Gasteiger partial charge in [0.25, 0.3) is 0 Å². The number of esters is 1. The standard InChI is InChI=1S/C20H24N2O4/c1-20(2,3)26-19(24)22-17(13-15-9-11-21-12-10-15)18(23)25-14-16-7-5-4-6-8-16/h4-12,17H,13-14H2,1-3H3,(H,22,24)/t17-/m1/s1. The second kappa shape index (κ2) is 8.99. The minimum Gasteiger partial charge on any atom is -0.459 e. The lowest BCUT2D eigenvalue weighted by molar-refractivity contribution is -0.147. The van der Waals surface area contributed by atoms with Gasteiger partial charge < -0.3 is 14.8 Å². The molecular weight excluding hydrogens is 332 g/mol. The van der Waals surface area contributed by atoms with Crippen molar-refractivity contribution in [1.82, 2.24) is 10.3 Å². The zero-order valence-electron chi connectivity index (χ0n) is 15.3. The molecule has 1 amide bonds. The highest BCUT2D eigenvalue weighted by Gasteiger charge is 2.26. The molecule has 6 nitrogen and oxygen atoms in total. The van der Waals surface area contributed by atoms with Gasteiger partial charge in [-0.25, -0.2) is 9.59 Å². The smallest absolute Gasteiger partial charge is 0.408 e. The van der Waals surface area contributed by atoms with Gasteiger partial charge in [0.15, 0.2) is 0 Å². The number of nitrogens with zero attached hydrogens (tertiary/aromatic N) is 1. The molecule has 2 rings (SSSR count). The quantitative estimate of drug-likeness (QED) is 0.804. The maximum Gasteiger partial charge on any atom is 0.408 e. The Labute approximate surface area is 153 Å². The molecular formula is C20H24N2O4. The summed E-state index contributed by atoms with van der Waals surface area (Å²) in [5.41, 5.74) is 1.08. The number of hydrogen-bond donors (Lipinski definition) is 1. The molecule has 0 saturated carbocycles. The van der Waals surface area contributed by atoms with Crippen molar-refractivity contribution in [1.29, 1.82) is 0 Å². The number of aromatic nitrogens is 1. The lowest BCUT2D eigenvalue weighted by atomic mass is 10.1. The number of benzene rings is 1. The lowest BCUT2D eigenvalue weighted by Crippen LogP contribution is -2.45. The van der Waals surface area contributed by atoms with E-state index in [2.05, 4.69) is 10.3 Å². The van der Waals surface area contributed by atoms with Crippen LogP contribution in [0.1, 0.15) is 31.9 Å². The minimum atomic E-state index is -0.851. The van der Waals surface area contributed by atoms with Crippen molar-refractivity contribution < 1.29 is 19.1 Å². The van der Waals surface area contributed by atoms with Crippen molar-refractivity contribution in [2.24, 2.45) is 0 Å². The van der Waals surface area contributed by atoms with E-state index in [9.17, 15) is 9.59 Å². The van der Waals surface area contributed by atoms with Crippen LogP contribution in [-0.2, 0) is 27.3 Å². The van der Waals surface area contributed by atoms with E-state index < -0.39 is 23.7 Å². The zero-order valence-corrected chi connectivity index (χ0v) is 15.3. The Hall–Kier alpha value is -2.89. The maximum atomic E-state index is 12.5. The van der Waals surface area contributed by atoms with Crippen molar-refractivity contribution in [2.45, 2.75) is 45.4 Å². The van der Waals surface area contributed by atoms with E-state index in [1.165, 1.54) is 0 Å². The van der Waals surface area contributed by atoms with Crippen LogP contribution in [0.3, 0.4) is 0 Å². The van der Waals surface area contributed by atoms with Crippen LogP contribution >= 0.6 is 0 Å². The molecule has 1 heterocycles. The van der Waals surface area contributed by atoms with Gasteiger partial charge in [0.2, 0.25) is 0 Å². The van der Waals surface area contributed by atoms with E-state index in [1.54, 1.807) is 45.3 Å². The fraction of sp³-hybridized carbons (Fsp3) is 0.350. The molecule has 0 aliphatic heterocycles. The van der Waals surface area contributed by atoms with Gasteiger partial charge in [-0.2, -0.15) is 0 Å². The number of nitrogens with one attached hydrogen (secondary N) is 1. The topological polar surface area (TPSA) is 77.5 Å². The molecule has 2 aromatic rings. The normalized spacial score (nSPS) is 12.1.